The van der Waals surface area contributed by atoms with E-state index in [4.69, 9.17) is 0 Å². The summed E-state index contributed by atoms with van der Waals surface area (Å²) in [6.45, 7) is 11.0. The fraction of sp³-hybridized carbons (Fsp3) is 0.250. The average Bonchev–Trinajstić information content (AvgIpc) is 3.29. The summed E-state index contributed by atoms with van der Waals surface area (Å²) in [5.74, 6) is -6.73. The Morgan fingerprint density at radius 3 is 0.400 bits per heavy atom. The largest absolute Gasteiger partial charge is 3.00 e. The van der Waals surface area contributed by atoms with Crippen LogP contribution in [0.4, 0.5) is 0 Å². The second-order valence-electron chi connectivity index (χ2n) is 15.9. The molecule has 6 aromatic rings. The van der Waals surface area contributed by atoms with Crippen LogP contribution in [-0.2, 0) is 120 Å². The summed E-state index contributed by atoms with van der Waals surface area (Å²) in [6.07, 6.45) is 13.1. The first-order valence-electron chi connectivity index (χ1n) is 21.8. The predicted molar refractivity (Wildman–Crippen MR) is 303 cm³/mol. The number of carboxylic acids is 6. The van der Waals surface area contributed by atoms with Crippen molar-refractivity contribution in [2.45, 2.75) is 41.5 Å². The second kappa shape index (κ2) is 54.5. The molecule has 0 aliphatic heterocycles. The number of benzene rings is 6. The van der Waals surface area contributed by atoms with E-state index in [2.05, 4.69) is 0 Å². The van der Waals surface area contributed by atoms with Crippen LogP contribution in [0.15, 0.2) is 146 Å². The fourth-order valence-electron chi connectivity index (χ4n) is 4.63. The van der Waals surface area contributed by atoms with E-state index in [0.29, 0.717) is 0 Å². The van der Waals surface area contributed by atoms with Gasteiger partial charge in [0.25, 0.3) is 0 Å². The Labute approximate surface area is 530 Å². The van der Waals surface area contributed by atoms with Gasteiger partial charge in [-0.3, -0.25) is 16.8 Å². The van der Waals surface area contributed by atoms with Crippen LogP contribution in [0.25, 0.3) is 0 Å². The zero-order chi connectivity index (χ0) is 59.7. The first-order chi connectivity index (χ1) is 35.1. The van der Waals surface area contributed by atoms with E-state index in [1.54, 1.807) is 123 Å². The average molecular weight is 1340 g/mol. The summed E-state index contributed by atoms with van der Waals surface area (Å²) < 4.78 is 38.2. The molecule has 0 radical (unpaired) electrons. The molecule has 0 spiro atoms. The predicted octanol–water partition coefficient (Wildman–Crippen LogP) is 0.281. The van der Waals surface area contributed by atoms with Crippen molar-refractivity contribution < 1.29 is 153 Å². The van der Waals surface area contributed by atoms with Crippen molar-refractivity contribution >= 4 is 79.0 Å². The normalized spacial score (nSPS) is 8.72. The SMILES string of the molecule is CS(C)=O.CS(C)=O.CS(C)=O.CS(C)=O.Cc1cccc(C(=O)[O-])c1.Cc1cccc(C(=O)[O-])c1.Cc1cccc(C(=O)[O-])c1.Cc1cccc(C(=O)[O-])c1.Cc1cccc(C(=O)[O-])c1.Cc1cccc(C(=O)[O-])c1.[OH3+].[OH3+].[Y+3].[Y+3]. The molecule has 18 nitrogen and oxygen atoms in total. The van der Waals surface area contributed by atoms with Gasteiger partial charge in [0.2, 0.25) is 0 Å². The van der Waals surface area contributed by atoms with Gasteiger partial charge in [-0.15, -0.1) is 0 Å². The van der Waals surface area contributed by atoms with E-state index in [0.717, 1.165) is 33.4 Å². The number of aromatic carboxylic acids is 6. The maximum atomic E-state index is 10.2. The van der Waals surface area contributed by atoms with Gasteiger partial charge in [-0.05, 0) is 74.9 Å². The Morgan fingerprint density at radius 2 is 0.350 bits per heavy atom. The second-order valence-corrected chi connectivity index (χ2v) is 21.8. The summed E-state index contributed by atoms with van der Waals surface area (Å²) in [4.78, 5) is 61.5. The molecule has 0 fully saturated rings. The molecule has 80 heavy (non-hydrogen) atoms. The summed E-state index contributed by atoms with van der Waals surface area (Å²) in [5.41, 5.74) is 7.01. The van der Waals surface area contributed by atoms with Crippen LogP contribution >= 0.6 is 0 Å². The maximum Gasteiger partial charge on any atom is 3.00 e. The third-order valence-electron chi connectivity index (χ3n) is 7.52. The number of carboxylic acid groups (broad SMARTS) is 6. The van der Waals surface area contributed by atoms with Crippen molar-refractivity contribution in [3.8, 4) is 0 Å². The molecule has 0 saturated carbocycles. The van der Waals surface area contributed by atoms with E-state index in [-0.39, 0.29) is 110 Å². The number of aryl methyl sites for hydroxylation is 6. The van der Waals surface area contributed by atoms with Gasteiger partial charge in [0.1, 0.15) is 0 Å². The third-order valence-corrected chi connectivity index (χ3v) is 7.52. The molecule has 0 saturated heterocycles. The Balaban J connectivity index is -0.000000122. The number of hydrogen-bond donors (Lipinski definition) is 0. The molecule has 6 N–H and O–H groups in total. The van der Waals surface area contributed by atoms with Crippen molar-refractivity contribution in [3.05, 3.63) is 212 Å². The molecule has 24 heteroatoms. The van der Waals surface area contributed by atoms with Crippen molar-refractivity contribution in [1.29, 1.82) is 0 Å². The number of carbonyl (C=O) groups is 6. The minimum absolute atomic E-state index is 0. The number of hydrogen-bond acceptors (Lipinski definition) is 16. The first kappa shape index (κ1) is 91.4. The molecule has 0 aliphatic rings. The molecule has 0 bridgehead atoms. The van der Waals surface area contributed by atoms with Crippen molar-refractivity contribution in [2.24, 2.45) is 0 Å². The van der Waals surface area contributed by atoms with E-state index in [1.165, 1.54) is 36.4 Å². The van der Waals surface area contributed by atoms with Crippen LogP contribution in [0.3, 0.4) is 0 Å². The molecule has 6 rings (SSSR count). The van der Waals surface area contributed by atoms with Gasteiger partial charge in [0.15, 0.2) is 0 Å². The summed E-state index contributed by atoms with van der Waals surface area (Å²) >= 11 is 0. The molecule has 0 aromatic heterocycles. The Bertz CT molecular complexity index is 2350. The number of rotatable bonds is 6. The Hall–Kier alpha value is -5.13. The third kappa shape index (κ3) is 60.5. The maximum absolute atomic E-state index is 10.2. The molecule has 6 aromatic carbocycles. The minimum atomic E-state index is -1.12. The van der Waals surface area contributed by atoms with Gasteiger partial charge in [-0.2, -0.15) is 0 Å². The summed E-state index contributed by atoms with van der Waals surface area (Å²) in [5, 5.41) is 61.5. The van der Waals surface area contributed by atoms with Gasteiger partial charge < -0.3 is 70.4 Å². The van der Waals surface area contributed by atoms with Crippen LogP contribution in [0.2, 0.25) is 0 Å². The Kier molecular flexibility index (Phi) is 62.2. The van der Waals surface area contributed by atoms with Gasteiger partial charge in [-0.25, -0.2) is 0 Å². The molecular formula is C56H72O18S4Y2+2. The van der Waals surface area contributed by atoms with Gasteiger partial charge in [0.05, 0.1) is 35.8 Å². The fourth-order valence-corrected chi connectivity index (χ4v) is 4.63. The van der Waals surface area contributed by atoms with E-state index >= 15 is 0 Å². The van der Waals surface area contributed by atoms with Crippen molar-refractivity contribution in [1.82, 2.24) is 0 Å². The van der Waals surface area contributed by atoms with E-state index in [1.807, 2.05) is 77.9 Å². The first-order valence-corrected chi connectivity index (χ1v) is 29.7. The zero-order valence-electron chi connectivity index (χ0n) is 47.3. The van der Waals surface area contributed by atoms with Crippen LogP contribution in [0, 0.1) is 41.5 Å². The number of carbonyl (C=O) groups excluding carboxylic acids is 6. The quantitative estimate of drug-likeness (QED) is 0.202. The van der Waals surface area contributed by atoms with Gasteiger partial charge in [-0.1, -0.05) is 179 Å². The molecule has 0 amide bonds. The molecule has 432 valence electrons. The van der Waals surface area contributed by atoms with E-state index in [9.17, 15) is 76.2 Å². The summed E-state index contributed by atoms with van der Waals surface area (Å²) in [6, 6.07) is 39.8. The molecule has 0 heterocycles. The topological polar surface area (TPSA) is 375 Å². The van der Waals surface area contributed by atoms with Crippen molar-refractivity contribution in [2.75, 3.05) is 50.0 Å². The van der Waals surface area contributed by atoms with Crippen LogP contribution in [0.1, 0.15) is 95.5 Å². The van der Waals surface area contributed by atoms with E-state index < -0.39 is 79.0 Å². The van der Waals surface area contributed by atoms with Crippen LogP contribution < -0.4 is 30.6 Å². The molecular weight excluding hydrogens is 1270 g/mol. The van der Waals surface area contributed by atoms with Crippen molar-refractivity contribution in [3.63, 3.8) is 0 Å². The molecule has 0 aliphatic carbocycles. The Morgan fingerprint density at radius 1 is 0.263 bits per heavy atom. The van der Waals surface area contributed by atoms with Gasteiger partial charge in [0, 0.05) is 93.2 Å². The molecule has 0 atom stereocenters. The monoisotopic (exact) mass is 1340 g/mol. The van der Waals surface area contributed by atoms with Crippen LogP contribution in [0.5, 0.6) is 0 Å². The zero-order valence-corrected chi connectivity index (χ0v) is 56.3. The standard InChI is InChI=1S/6C8H8O2.4C2H6OS.2H2O.2Y/c6*1-6-3-2-4-7(5-6)8(9)10;4*1-4(2)3;;;;/h6*2-5H,1H3,(H,9,10);4*1-2H3;2*1H2;;/q;;;;;;;;;;;;2*+3/p-4. The smallest absolute Gasteiger partial charge is 0.545 e. The minimum Gasteiger partial charge on any atom is -0.545 e. The molecule has 0 unspecified atom stereocenters. The van der Waals surface area contributed by atoms with Crippen LogP contribution in [-0.4, -0.2) is 103 Å². The summed E-state index contributed by atoms with van der Waals surface area (Å²) in [7, 11) is -2.44. The van der Waals surface area contributed by atoms with Gasteiger partial charge >= 0.3 is 65.4 Å².